The van der Waals surface area contributed by atoms with Crippen LogP contribution in [0.3, 0.4) is 0 Å². The summed E-state index contributed by atoms with van der Waals surface area (Å²) in [5, 5.41) is 20.9. The molecule has 2 amide bonds. The quantitative estimate of drug-likeness (QED) is 0.264. The van der Waals surface area contributed by atoms with Crippen molar-refractivity contribution < 1.29 is 14.7 Å². The fraction of sp³-hybridized carbons (Fsp3) is 0.600. The van der Waals surface area contributed by atoms with Gasteiger partial charge in [0.05, 0.1) is 29.5 Å². The smallest absolute Gasteiger partial charge is 0.270 e. The molecule has 0 aliphatic heterocycles. The number of rotatable bonds is 12. The van der Waals surface area contributed by atoms with Crippen LogP contribution >= 0.6 is 22.7 Å². The third-order valence-electron chi connectivity index (χ3n) is 4.63. The Morgan fingerprint density at radius 1 is 1.16 bits per heavy atom. The van der Waals surface area contributed by atoms with E-state index in [1.54, 1.807) is 19.2 Å². The summed E-state index contributed by atoms with van der Waals surface area (Å²) in [6.07, 6.45) is 5.05. The van der Waals surface area contributed by atoms with E-state index in [1.165, 1.54) is 22.7 Å². The minimum atomic E-state index is -0.877. The van der Waals surface area contributed by atoms with Crippen molar-refractivity contribution in [3.8, 4) is 10.7 Å². The van der Waals surface area contributed by atoms with Gasteiger partial charge in [-0.25, -0.2) is 9.97 Å². The van der Waals surface area contributed by atoms with Crippen molar-refractivity contribution >= 4 is 45.4 Å². The van der Waals surface area contributed by atoms with Gasteiger partial charge in [-0.05, 0) is 17.8 Å². The number of carbonyl (C=O) groups is 2. The molecule has 0 saturated carbocycles. The maximum Gasteiger partial charge on any atom is 0.270 e. The van der Waals surface area contributed by atoms with Gasteiger partial charge >= 0.3 is 0 Å². The van der Waals surface area contributed by atoms with Crippen LogP contribution in [0.1, 0.15) is 35.8 Å². The number of hydrogen-bond donors (Lipinski definition) is 4. The van der Waals surface area contributed by atoms with E-state index in [2.05, 4.69) is 33.1 Å². The third kappa shape index (κ3) is 8.15. The van der Waals surface area contributed by atoms with Crippen LogP contribution in [-0.4, -0.2) is 70.4 Å². The van der Waals surface area contributed by atoms with E-state index in [4.69, 9.17) is 5.73 Å². The molecule has 0 aromatic carbocycles. The van der Waals surface area contributed by atoms with Crippen molar-refractivity contribution in [1.82, 2.24) is 20.6 Å². The molecular weight excluding hydrogens is 454 g/mol. The molecule has 0 unspecified atom stereocenters. The van der Waals surface area contributed by atoms with Gasteiger partial charge in [-0.3, -0.25) is 9.59 Å². The number of nitrogens with one attached hydrogen (secondary N) is 2. The molecule has 8 nitrogen and oxygen atoms in total. The summed E-state index contributed by atoms with van der Waals surface area (Å²) < 4.78 is 0. The minimum Gasteiger partial charge on any atom is -0.391 e. The van der Waals surface area contributed by atoms with E-state index in [9.17, 15) is 14.7 Å². The number of nitrogens with zero attached hydrogens (tertiary/aromatic N) is 2. The molecule has 0 fully saturated rings. The molecule has 5 N–H and O–H groups in total. The van der Waals surface area contributed by atoms with Gasteiger partial charge in [0.1, 0.15) is 22.1 Å². The molecule has 2 heterocycles. The lowest BCUT2D eigenvalue weighted by Crippen LogP contribution is -2.44. The van der Waals surface area contributed by atoms with Gasteiger partial charge < -0.3 is 21.5 Å². The average molecular weight is 487 g/mol. The highest BCUT2D eigenvalue weighted by atomic mass is 32.2. The maximum absolute atomic E-state index is 12.2. The molecule has 172 valence electrons. The van der Waals surface area contributed by atoms with Crippen molar-refractivity contribution in [2.24, 2.45) is 11.7 Å². The summed E-state index contributed by atoms with van der Waals surface area (Å²) in [6.45, 7) is 4.41. The summed E-state index contributed by atoms with van der Waals surface area (Å²) in [7, 11) is 0.383. The second-order valence-electron chi connectivity index (χ2n) is 7.64. The molecule has 2 aromatic heterocycles. The van der Waals surface area contributed by atoms with Crippen LogP contribution in [-0.2, 0) is 22.1 Å². The van der Waals surface area contributed by atoms with Gasteiger partial charge in [-0.1, -0.05) is 6.92 Å². The van der Waals surface area contributed by atoms with Crippen LogP contribution in [0.25, 0.3) is 10.7 Å². The number of aromatic nitrogens is 2. The van der Waals surface area contributed by atoms with Crippen molar-refractivity contribution in [3.05, 3.63) is 21.5 Å². The van der Waals surface area contributed by atoms with Crippen molar-refractivity contribution in [1.29, 1.82) is 0 Å². The lowest BCUT2D eigenvalue weighted by Gasteiger charge is -2.21. The first-order valence-electron chi connectivity index (χ1n) is 10.1. The number of aliphatic hydroxyl groups excluding tert-OH is 1. The Labute approximate surface area is 194 Å². The summed E-state index contributed by atoms with van der Waals surface area (Å²) in [5.74, 6) is 0.149. The average Bonchev–Trinajstić information content (AvgIpc) is 3.39. The van der Waals surface area contributed by atoms with E-state index in [1.807, 2.05) is 5.38 Å². The Hall–Kier alpha value is -1.53. The Morgan fingerprint density at radius 3 is 2.58 bits per heavy atom. The molecule has 3 atom stereocenters. The van der Waals surface area contributed by atoms with E-state index >= 15 is 0 Å². The lowest BCUT2D eigenvalue weighted by molar-refractivity contribution is -0.128. The highest BCUT2D eigenvalue weighted by molar-refractivity contribution is 7.95. The first-order valence-corrected chi connectivity index (χ1v) is 14.1. The second kappa shape index (κ2) is 12.5. The van der Waals surface area contributed by atoms with Crippen molar-refractivity contribution in [2.75, 3.05) is 31.4 Å². The zero-order valence-corrected chi connectivity index (χ0v) is 20.8. The van der Waals surface area contributed by atoms with E-state index in [-0.39, 0.29) is 11.8 Å². The molecule has 2 aromatic rings. The molecule has 0 spiro atoms. The largest absolute Gasteiger partial charge is 0.391 e. The topological polar surface area (TPSA) is 130 Å². The summed E-state index contributed by atoms with van der Waals surface area (Å²) in [5.41, 5.74) is 6.79. The molecule has 0 aliphatic carbocycles. The highest BCUT2D eigenvalue weighted by Crippen LogP contribution is 2.25. The second-order valence-corrected chi connectivity index (χ2v) is 11.8. The van der Waals surface area contributed by atoms with E-state index in [0.29, 0.717) is 41.1 Å². The molecule has 11 heteroatoms. The van der Waals surface area contributed by atoms with Crippen molar-refractivity contribution in [2.45, 2.75) is 38.8 Å². The van der Waals surface area contributed by atoms with Crippen LogP contribution in [0.2, 0.25) is 0 Å². The number of aliphatic hydroxyl groups is 1. The lowest BCUT2D eigenvalue weighted by atomic mass is 9.99. The van der Waals surface area contributed by atoms with Crippen LogP contribution in [0.5, 0.6) is 0 Å². The van der Waals surface area contributed by atoms with Gasteiger partial charge in [0.15, 0.2) is 0 Å². The van der Waals surface area contributed by atoms with Crippen LogP contribution < -0.4 is 16.4 Å². The van der Waals surface area contributed by atoms with Crippen molar-refractivity contribution in [3.63, 3.8) is 0 Å². The first-order chi connectivity index (χ1) is 14.7. The first kappa shape index (κ1) is 25.7. The van der Waals surface area contributed by atoms with Gasteiger partial charge in [0.2, 0.25) is 5.91 Å². The minimum absolute atomic E-state index is 0.157. The Bertz CT molecular complexity index is 853. The maximum atomic E-state index is 12.2. The third-order valence-corrected chi connectivity index (χ3v) is 7.50. The summed E-state index contributed by atoms with van der Waals surface area (Å²) in [6, 6.07) is -0.465. The molecular formula is C20H32N5O3S3+. The predicted molar refractivity (Wildman–Crippen MR) is 130 cm³/mol. The number of thiazole rings is 2. The predicted octanol–water partition coefficient (Wildman–Crippen LogP) is 1.27. The molecule has 0 bridgehead atoms. The molecule has 0 aliphatic rings. The Morgan fingerprint density at radius 2 is 1.90 bits per heavy atom. The fourth-order valence-electron chi connectivity index (χ4n) is 2.74. The number of hydrogen-bond acceptors (Lipinski definition) is 8. The number of nitrogens with two attached hydrogens (primary N) is 1. The molecule has 31 heavy (non-hydrogen) atoms. The Kier molecular flexibility index (Phi) is 10.4. The van der Waals surface area contributed by atoms with Crippen LogP contribution in [0.4, 0.5) is 0 Å². The number of carbonyl (C=O) groups excluding carboxylic acids is 2. The Balaban J connectivity index is 1.82. The van der Waals surface area contributed by atoms with E-state index in [0.717, 1.165) is 22.9 Å². The normalized spacial score (nSPS) is 14.3. The molecule has 0 radical (unpaired) electrons. The SMILES string of the molecule is C[C@H](C(=O)NCCc1nc(-c2nc(C(=O)NCCC[S+](C)C)cs2)cs1)[C@H](O)[C@@H](C)N. The van der Waals surface area contributed by atoms with Crippen LogP contribution in [0.15, 0.2) is 10.8 Å². The van der Waals surface area contributed by atoms with Gasteiger partial charge in [0.25, 0.3) is 5.91 Å². The summed E-state index contributed by atoms with van der Waals surface area (Å²) >= 11 is 2.88. The zero-order valence-electron chi connectivity index (χ0n) is 18.4. The number of amides is 2. The van der Waals surface area contributed by atoms with E-state index < -0.39 is 18.1 Å². The monoisotopic (exact) mass is 486 g/mol. The summed E-state index contributed by atoms with van der Waals surface area (Å²) in [4.78, 5) is 33.3. The van der Waals surface area contributed by atoms with Gasteiger partial charge in [0, 0.05) is 42.7 Å². The van der Waals surface area contributed by atoms with Gasteiger partial charge in [-0.2, -0.15) is 0 Å². The molecule has 2 rings (SSSR count). The van der Waals surface area contributed by atoms with Gasteiger partial charge in [-0.15, -0.1) is 22.7 Å². The highest BCUT2D eigenvalue weighted by Gasteiger charge is 2.24. The standard InChI is InChI=1S/C20H31N5O3S3/c1-12(17(26)13(2)21)18(27)23-8-6-16-24-15(11-29-16)20-25-14(10-30-20)19(28)22-7-5-9-31(3)4/h10-13,17,26H,5-9,21H2,1-4H3,(H-,22,23,27,28)/p+1/t12-,13+,17-/m0/s1. The zero-order chi connectivity index (χ0) is 23.0. The van der Waals surface area contributed by atoms with Crippen LogP contribution in [0, 0.1) is 5.92 Å². The fourth-order valence-corrected chi connectivity index (χ4v) is 5.08. The molecule has 0 saturated heterocycles.